The molecule has 0 radical (unpaired) electrons. The summed E-state index contributed by atoms with van der Waals surface area (Å²) in [5, 5.41) is 9.72. The first-order valence-corrected chi connectivity index (χ1v) is 7.62. The van der Waals surface area contributed by atoms with Crippen LogP contribution in [0.25, 0.3) is 0 Å². The van der Waals surface area contributed by atoms with Gasteiger partial charge in [0.25, 0.3) is 0 Å². The van der Waals surface area contributed by atoms with Gasteiger partial charge in [0.05, 0.1) is 11.2 Å². The summed E-state index contributed by atoms with van der Waals surface area (Å²) >= 11 is 1.23. The zero-order chi connectivity index (χ0) is 15.2. The average molecular weight is 310 g/mol. The highest BCUT2D eigenvalue weighted by molar-refractivity contribution is 7.13. The summed E-state index contributed by atoms with van der Waals surface area (Å²) in [4.78, 5) is 28.6. The number of carboxylic acid groups (broad SMARTS) is 1. The van der Waals surface area contributed by atoms with Crippen LogP contribution in [0.2, 0.25) is 0 Å². The lowest BCUT2D eigenvalue weighted by Crippen LogP contribution is -2.39. The number of thiazole rings is 1. The molecule has 0 spiro atoms. The van der Waals surface area contributed by atoms with E-state index in [0.717, 1.165) is 24.3 Å². The molecule has 0 aromatic carbocycles. The molecule has 2 heterocycles. The summed E-state index contributed by atoms with van der Waals surface area (Å²) in [5.74, 6) is -0.500. The smallest absolute Gasteiger partial charge is 0.410 e. The van der Waals surface area contributed by atoms with E-state index in [9.17, 15) is 9.59 Å². The highest BCUT2D eigenvalue weighted by Gasteiger charge is 2.24. The van der Waals surface area contributed by atoms with Gasteiger partial charge in [-0.3, -0.25) is 0 Å². The predicted octanol–water partition coefficient (Wildman–Crippen LogP) is 2.42. The van der Waals surface area contributed by atoms with Crippen LogP contribution in [0.4, 0.5) is 4.79 Å². The van der Waals surface area contributed by atoms with E-state index in [4.69, 9.17) is 9.84 Å². The van der Waals surface area contributed by atoms with Crippen LogP contribution in [0.5, 0.6) is 0 Å². The first kappa shape index (κ1) is 15.5. The number of likely N-dealkylation sites (tertiary alicyclic amines) is 1. The molecule has 2 rings (SSSR count). The van der Waals surface area contributed by atoms with E-state index in [1.165, 1.54) is 17.5 Å². The van der Waals surface area contributed by atoms with E-state index in [-0.39, 0.29) is 17.6 Å². The molecule has 0 saturated carbocycles. The minimum Gasteiger partial charge on any atom is -0.477 e. The van der Waals surface area contributed by atoms with Crippen molar-refractivity contribution >= 4 is 23.4 Å². The molecule has 1 fully saturated rings. The zero-order valence-electron chi connectivity index (χ0n) is 11.7. The first-order chi connectivity index (χ1) is 10.1. The maximum atomic E-state index is 11.7. The molecule has 1 aromatic heterocycles. The minimum atomic E-state index is -0.932. The van der Waals surface area contributed by atoms with Crippen molar-refractivity contribution in [1.29, 1.82) is 0 Å². The molecule has 6 nitrogen and oxygen atoms in total. The van der Waals surface area contributed by atoms with Crippen molar-refractivity contribution < 1.29 is 19.4 Å². The molecule has 1 N–H and O–H groups in total. The topological polar surface area (TPSA) is 79.7 Å². The number of amides is 1. The van der Waals surface area contributed by atoms with E-state index in [2.05, 4.69) is 11.6 Å². The molecule has 0 atom stereocenters. The van der Waals surface area contributed by atoms with Gasteiger partial charge in [-0.2, -0.15) is 0 Å². The molecule has 0 bridgehead atoms. The zero-order valence-corrected chi connectivity index (χ0v) is 12.5. The van der Waals surface area contributed by atoms with Crippen molar-refractivity contribution in [2.45, 2.75) is 19.3 Å². The lowest BCUT2D eigenvalue weighted by Gasteiger charge is -2.30. The predicted molar refractivity (Wildman–Crippen MR) is 78.6 cm³/mol. The Kier molecular flexibility index (Phi) is 5.32. The van der Waals surface area contributed by atoms with Crippen molar-refractivity contribution in [3.63, 3.8) is 0 Å². The largest absolute Gasteiger partial charge is 0.477 e. The number of carboxylic acids is 1. The van der Waals surface area contributed by atoms with E-state index < -0.39 is 5.97 Å². The number of carbonyl (C=O) groups excluding carboxylic acids is 1. The monoisotopic (exact) mass is 310 g/mol. The lowest BCUT2D eigenvalue weighted by atomic mass is 9.94. The molecule has 1 amide bonds. The highest BCUT2D eigenvalue weighted by atomic mass is 32.1. The fourth-order valence-corrected chi connectivity index (χ4v) is 3.16. The van der Waals surface area contributed by atoms with Gasteiger partial charge in [0, 0.05) is 19.5 Å². The van der Waals surface area contributed by atoms with Crippen molar-refractivity contribution in [3.05, 3.63) is 28.7 Å². The molecule has 1 saturated heterocycles. The van der Waals surface area contributed by atoms with Gasteiger partial charge in [0.1, 0.15) is 11.5 Å². The first-order valence-electron chi connectivity index (χ1n) is 6.80. The molecular formula is C14H18N2O4S. The van der Waals surface area contributed by atoms with E-state index >= 15 is 0 Å². The number of nitrogens with zero attached hydrogens (tertiary/aromatic N) is 2. The van der Waals surface area contributed by atoms with Crippen molar-refractivity contribution in [3.8, 4) is 0 Å². The summed E-state index contributed by atoms with van der Waals surface area (Å²) in [7, 11) is 0. The summed E-state index contributed by atoms with van der Waals surface area (Å²) in [6.45, 7) is 5.07. The number of carbonyl (C=O) groups is 2. The van der Waals surface area contributed by atoms with Crippen LogP contribution in [0.15, 0.2) is 18.9 Å². The van der Waals surface area contributed by atoms with Crippen LogP contribution in [0, 0.1) is 5.92 Å². The van der Waals surface area contributed by atoms with Crippen LogP contribution < -0.4 is 0 Å². The number of rotatable bonds is 5. The Balaban J connectivity index is 1.79. The highest BCUT2D eigenvalue weighted by Crippen LogP contribution is 2.24. The second-order valence-electron chi connectivity index (χ2n) is 4.92. The number of aromatic nitrogens is 1. The molecular weight excluding hydrogens is 292 g/mol. The standard InChI is InChI=1S/C14H18N2O4S/c1-2-7-20-14(19)16-5-3-10(4-6-16)8-12-15-9-11(21-12)13(17)18/h2,9-10H,1,3-8H2,(H,17,18). The Morgan fingerprint density at radius 3 is 2.81 bits per heavy atom. The van der Waals surface area contributed by atoms with E-state index in [0.29, 0.717) is 19.0 Å². The molecule has 0 unspecified atom stereocenters. The Morgan fingerprint density at radius 2 is 2.24 bits per heavy atom. The third kappa shape index (κ3) is 4.29. The van der Waals surface area contributed by atoms with Gasteiger partial charge >= 0.3 is 12.1 Å². The summed E-state index contributed by atoms with van der Waals surface area (Å²) in [6.07, 6.45) is 5.19. The fraction of sp³-hybridized carbons (Fsp3) is 0.500. The molecule has 1 aliphatic rings. The van der Waals surface area contributed by atoms with Gasteiger partial charge in [-0.25, -0.2) is 14.6 Å². The van der Waals surface area contributed by atoms with Gasteiger partial charge in [-0.1, -0.05) is 12.7 Å². The Labute approximate surface area is 127 Å². The average Bonchev–Trinajstić information content (AvgIpc) is 2.94. The van der Waals surface area contributed by atoms with Gasteiger partial charge in [0.2, 0.25) is 0 Å². The molecule has 0 aliphatic carbocycles. The summed E-state index contributed by atoms with van der Waals surface area (Å²) < 4.78 is 5.01. The van der Waals surface area contributed by atoms with Crippen LogP contribution in [-0.2, 0) is 11.2 Å². The number of aromatic carboxylic acids is 1. The maximum absolute atomic E-state index is 11.7. The summed E-state index contributed by atoms with van der Waals surface area (Å²) in [5.41, 5.74) is 0. The number of hydrogen-bond acceptors (Lipinski definition) is 5. The number of piperidine rings is 1. The van der Waals surface area contributed by atoms with Gasteiger partial charge in [-0.15, -0.1) is 11.3 Å². The molecule has 1 aliphatic heterocycles. The van der Waals surface area contributed by atoms with Crippen molar-refractivity contribution in [2.75, 3.05) is 19.7 Å². The van der Waals surface area contributed by atoms with Crippen LogP contribution in [0.3, 0.4) is 0 Å². The van der Waals surface area contributed by atoms with E-state index in [1.807, 2.05) is 0 Å². The Bertz CT molecular complexity index is 521. The summed E-state index contributed by atoms with van der Waals surface area (Å²) in [6, 6.07) is 0. The normalized spacial score (nSPS) is 15.7. The van der Waals surface area contributed by atoms with Gasteiger partial charge in [0.15, 0.2) is 0 Å². The maximum Gasteiger partial charge on any atom is 0.410 e. The van der Waals surface area contributed by atoms with Crippen LogP contribution in [-0.4, -0.2) is 46.7 Å². The second kappa shape index (κ2) is 7.21. The Morgan fingerprint density at radius 1 is 1.52 bits per heavy atom. The number of ether oxygens (including phenoxy) is 1. The molecule has 7 heteroatoms. The molecule has 114 valence electrons. The third-order valence-electron chi connectivity index (χ3n) is 3.43. The quantitative estimate of drug-likeness (QED) is 0.845. The minimum absolute atomic E-state index is 0.232. The molecule has 1 aromatic rings. The molecule has 21 heavy (non-hydrogen) atoms. The van der Waals surface area contributed by atoms with Gasteiger partial charge in [-0.05, 0) is 18.8 Å². The fourth-order valence-electron chi connectivity index (χ4n) is 2.29. The third-order valence-corrected chi connectivity index (χ3v) is 4.43. The second-order valence-corrected chi connectivity index (χ2v) is 6.04. The SMILES string of the molecule is C=CCOC(=O)N1CCC(Cc2ncc(C(=O)O)s2)CC1. The van der Waals surface area contributed by atoms with Crippen LogP contribution in [0.1, 0.15) is 27.5 Å². The Hall–Kier alpha value is -1.89. The van der Waals surface area contributed by atoms with E-state index in [1.54, 1.807) is 11.0 Å². The van der Waals surface area contributed by atoms with Gasteiger partial charge < -0.3 is 14.7 Å². The van der Waals surface area contributed by atoms with Crippen LogP contribution >= 0.6 is 11.3 Å². The number of hydrogen-bond donors (Lipinski definition) is 1. The van der Waals surface area contributed by atoms with Crippen molar-refractivity contribution in [2.24, 2.45) is 5.92 Å². The lowest BCUT2D eigenvalue weighted by molar-refractivity contribution is 0.0701. The van der Waals surface area contributed by atoms with Crippen molar-refractivity contribution in [1.82, 2.24) is 9.88 Å².